The molecule has 6 atom stereocenters. The van der Waals surface area contributed by atoms with E-state index >= 15 is 0 Å². The van der Waals surface area contributed by atoms with Crippen molar-refractivity contribution in [2.24, 2.45) is 29.1 Å². The van der Waals surface area contributed by atoms with Gasteiger partial charge in [0.1, 0.15) is 11.6 Å². The van der Waals surface area contributed by atoms with Crippen molar-refractivity contribution in [3.63, 3.8) is 0 Å². The largest absolute Gasteiger partial charge is 0.508 e. The molecule has 2 aliphatic carbocycles. The topological polar surface area (TPSA) is 107 Å². The molecule has 3 saturated heterocycles. The molecule has 0 radical (unpaired) electrons. The summed E-state index contributed by atoms with van der Waals surface area (Å²) in [6, 6.07) is 22.1. The zero-order chi connectivity index (χ0) is 36.1. The molecule has 11 heteroatoms. The Labute approximate surface area is 304 Å². The zero-order valence-corrected chi connectivity index (χ0v) is 29.1. The molecule has 4 amide bonds. The minimum Gasteiger partial charge on any atom is -0.508 e. The van der Waals surface area contributed by atoms with Crippen molar-refractivity contribution in [3.05, 3.63) is 107 Å². The maximum atomic E-state index is 14.8. The van der Waals surface area contributed by atoms with Gasteiger partial charge >= 0.3 is 0 Å². The Kier molecular flexibility index (Phi) is 7.57. The Morgan fingerprint density at radius 2 is 1.54 bits per heavy atom. The van der Waals surface area contributed by atoms with Crippen molar-refractivity contribution in [1.82, 2.24) is 0 Å². The van der Waals surface area contributed by atoms with Gasteiger partial charge in [0.15, 0.2) is 0 Å². The standard InChI is InChI=1S/C41H35ClFN3O6/c1-41-30(38(49)46(40(41)51)25-11-14-32(43)31(42)20-25)21-29-27(36(41)35-26-5-3-2-4-22(26)6-15-33(35)47)12-13-28-34(29)39(50)45(37(28)48)24-9-7-23(8-10-24)44-16-18-52-19-17-44/h2-12,14-15,20,28-30,34,36,47H,13,16-19,21H2,1H3. The molecule has 9 rings (SSSR count). The molecule has 9 nitrogen and oxygen atoms in total. The van der Waals surface area contributed by atoms with E-state index in [2.05, 4.69) is 4.90 Å². The maximum absolute atomic E-state index is 14.8. The molecule has 4 aromatic rings. The lowest BCUT2D eigenvalue weighted by molar-refractivity contribution is -0.131. The highest BCUT2D eigenvalue weighted by atomic mass is 35.5. The second-order valence-corrected chi connectivity index (χ2v) is 15.0. The number of ether oxygens (including phenoxy) is 1. The third-order valence-electron chi connectivity index (χ3n) is 12.2. The molecule has 4 fully saturated rings. The van der Waals surface area contributed by atoms with Crippen LogP contribution in [0.15, 0.2) is 90.5 Å². The fraction of sp³-hybridized carbons (Fsp3) is 0.317. The molecule has 1 N–H and O–H groups in total. The van der Waals surface area contributed by atoms with Crippen molar-refractivity contribution in [2.45, 2.75) is 25.7 Å². The van der Waals surface area contributed by atoms with Gasteiger partial charge in [0.25, 0.3) is 0 Å². The van der Waals surface area contributed by atoms with Gasteiger partial charge in [0, 0.05) is 30.3 Å². The minimum absolute atomic E-state index is 0.0355. The third-order valence-corrected chi connectivity index (χ3v) is 12.4. The number of fused-ring (bicyclic) bond motifs is 5. The molecule has 264 valence electrons. The average molecular weight is 720 g/mol. The summed E-state index contributed by atoms with van der Waals surface area (Å²) in [6.45, 7) is 4.52. The molecule has 0 spiro atoms. The molecular weight excluding hydrogens is 685 g/mol. The van der Waals surface area contributed by atoms with E-state index in [1.807, 2.05) is 42.5 Å². The van der Waals surface area contributed by atoms with Crippen molar-refractivity contribution in [1.29, 1.82) is 0 Å². The van der Waals surface area contributed by atoms with Gasteiger partial charge in [-0.15, -0.1) is 0 Å². The number of halogens is 2. The van der Waals surface area contributed by atoms with Gasteiger partial charge in [-0.25, -0.2) is 9.29 Å². The number of imide groups is 2. The Balaban J connectivity index is 1.16. The number of allylic oxidation sites excluding steroid dienone is 2. The fourth-order valence-electron chi connectivity index (χ4n) is 9.67. The van der Waals surface area contributed by atoms with Crippen molar-refractivity contribution in [3.8, 4) is 5.75 Å². The van der Waals surface area contributed by atoms with Gasteiger partial charge < -0.3 is 14.7 Å². The molecule has 3 aliphatic heterocycles. The van der Waals surface area contributed by atoms with E-state index in [0.29, 0.717) is 24.5 Å². The van der Waals surface area contributed by atoms with E-state index in [1.165, 1.54) is 17.0 Å². The summed E-state index contributed by atoms with van der Waals surface area (Å²) in [5, 5.41) is 13.0. The van der Waals surface area contributed by atoms with E-state index in [9.17, 15) is 28.7 Å². The number of phenols is 1. The van der Waals surface area contributed by atoms with Crippen LogP contribution >= 0.6 is 11.6 Å². The summed E-state index contributed by atoms with van der Waals surface area (Å²) < 4.78 is 19.7. The van der Waals surface area contributed by atoms with Crippen molar-refractivity contribution < 1.29 is 33.4 Å². The lowest BCUT2D eigenvalue weighted by Crippen LogP contribution is -2.49. The average Bonchev–Trinajstić information content (AvgIpc) is 3.53. The Morgan fingerprint density at radius 1 is 0.827 bits per heavy atom. The van der Waals surface area contributed by atoms with E-state index < -0.39 is 52.6 Å². The smallest absolute Gasteiger partial charge is 0.241 e. The van der Waals surface area contributed by atoms with Crippen LogP contribution in [0.2, 0.25) is 5.02 Å². The second kappa shape index (κ2) is 12.0. The first-order chi connectivity index (χ1) is 25.1. The second-order valence-electron chi connectivity index (χ2n) is 14.6. The lowest BCUT2D eigenvalue weighted by atomic mass is 9.51. The van der Waals surface area contributed by atoms with E-state index in [1.54, 1.807) is 31.2 Å². The van der Waals surface area contributed by atoms with Crippen molar-refractivity contribution in [2.75, 3.05) is 41.0 Å². The molecule has 0 aromatic heterocycles. The number of hydrogen-bond donors (Lipinski definition) is 1. The van der Waals surface area contributed by atoms with Gasteiger partial charge in [-0.05, 0) is 85.0 Å². The highest BCUT2D eigenvalue weighted by Gasteiger charge is 2.68. The van der Waals surface area contributed by atoms with Crippen molar-refractivity contribution >= 4 is 63.1 Å². The summed E-state index contributed by atoms with van der Waals surface area (Å²) in [5.74, 6) is -6.06. The van der Waals surface area contributed by atoms with Gasteiger partial charge in [-0.3, -0.25) is 24.1 Å². The summed E-state index contributed by atoms with van der Waals surface area (Å²) in [6.07, 6.45) is 2.38. The number of amides is 4. The van der Waals surface area contributed by atoms with Crippen LogP contribution in [-0.4, -0.2) is 55.0 Å². The number of hydrogen-bond acceptors (Lipinski definition) is 7. The van der Waals surface area contributed by atoms with Gasteiger partial charge in [0.2, 0.25) is 23.6 Å². The number of phenolic OH excluding ortho intramolecular Hbond substituents is 1. The molecule has 3 heterocycles. The molecule has 4 aromatic carbocycles. The van der Waals surface area contributed by atoms with Gasteiger partial charge in [-0.1, -0.05) is 53.6 Å². The fourth-order valence-corrected chi connectivity index (χ4v) is 9.84. The number of morpholine rings is 1. The van der Waals surface area contributed by atoms with Gasteiger partial charge in [-0.2, -0.15) is 0 Å². The number of anilines is 3. The molecule has 5 aliphatic rings. The predicted octanol–water partition coefficient (Wildman–Crippen LogP) is 6.61. The predicted molar refractivity (Wildman–Crippen MR) is 194 cm³/mol. The monoisotopic (exact) mass is 719 g/mol. The van der Waals surface area contributed by atoms with Crippen LogP contribution in [0.25, 0.3) is 10.8 Å². The third kappa shape index (κ3) is 4.63. The van der Waals surface area contributed by atoms with E-state index in [-0.39, 0.29) is 41.1 Å². The first kappa shape index (κ1) is 32.8. The quantitative estimate of drug-likeness (QED) is 0.187. The van der Waals surface area contributed by atoms with Crippen LogP contribution in [0.5, 0.6) is 5.75 Å². The summed E-state index contributed by atoms with van der Waals surface area (Å²) in [7, 11) is 0. The highest BCUT2D eigenvalue weighted by molar-refractivity contribution is 6.32. The SMILES string of the molecule is CC12C(=O)N(c3ccc(F)c(Cl)c3)C(=O)C1CC1C(=CCC3C(=O)N(c4ccc(N5CCOCC5)cc4)C(=O)C31)C2c1c(O)ccc2ccccc12. The number of aromatic hydroxyl groups is 1. The van der Waals surface area contributed by atoms with Crippen LogP contribution < -0.4 is 14.7 Å². The first-order valence-corrected chi connectivity index (χ1v) is 18.0. The number of carbonyl (C=O) groups excluding carboxylic acids is 4. The summed E-state index contributed by atoms with van der Waals surface area (Å²) >= 11 is 6.14. The number of nitrogens with zero attached hydrogens (tertiary/aromatic N) is 3. The molecular formula is C41H35ClFN3O6. The molecule has 0 bridgehead atoms. The normalized spacial score (nSPS) is 28.6. The maximum Gasteiger partial charge on any atom is 0.241 e. The van der Waals surface area contributed by atoms with Crippen LogP contribution in [-0.2, 0) is 23.9 Å². The van der Waals surface area contributed by atoms with Crippen LogP contribution in [0.3, 0.4) is 0 Å². The zero-order valence-electron chi connectivity index (χ0n) is 28.3. The van der Waals surface area contributed by atoms with Crippen LogP contribution in [0.1, 0.15) is 31.2 Å². The number of rotatable bonds is 4. The van der Waals surface area contributed by atoms with E-state index in [0.717, 1.165) is 46.1 Å². The highest BCUT2D eigenvalue weighted by Crippen LogP contribution is 2.65. The summed E-state index contributed by atoms with van der Waals surface area (Å²) in [4.78, 5) is 62.6. The summed E-state index contributed by atoms with van der Waals surface area (Å²) in [5.41, 5.74) is 1.47. The van der Waals surface area contributed by atoms with Crippen LogP contribution in [0, 0.1) is 34.9 Å². The van der Waals surface area contributed by atoms with Crippen LogP contribution in [0.4, 0.5) is 21.5 Å². The minimum atomic E-state index is -1.39. The van der Waals surface area contributed by atoms with Gasteiger partial charge in [0.05, 0.1) is 52.8 Å². The Morgan fingerprint density at radius 3 is 2.29 bits per heavy atom. The number of carbonyl (C=O) groups is 4. The molecule has 52 heavy (non-hydrogen) atoms. The number of benzene rings is 4. The van der Waals surface area contributed by atoms with E-state index in [4.69, 9.17) is 16.3 Å². The Hall–Kier alpha value is -5.06. The molecule has 1 saturated carbocycles. The first-order valence-electron chi connectivity index (χ1n) is 17.6. The molecule has 6 unspecified atom stereocenters. The Bertz CT molecular complexity index is 2240. The lowest BCUT2D eigenvalue weighted by Gasteiger charge is -2.49.